The van der Waals surface area contributed by atoms with Crippen LogP contribution in [0.15, 0.2) is 65.7 Å². The van der Waals surface area contributed by atoms with Crippen molar-refractivity contribution in [1.29, 1.82) is 0 Å². The van der Waals surface area contributed by atoms with Gasteiger partial charge < -0.3 is 5.32 Å². The van der Waals surface area contributed by atoms with Crippen LogP contribution >= 0.6 is 0 Å². The van der Waals surface area contributed by atoms with Crippen LogP contribution in [0.2, 0.25) is 0 Å². The summed E-state index contributed by atoms with van der Waals surface area (Å²) in [6, 6.07) is 10.7. The minimum atomic E-state index is -4.47. The third-order valence-electron chi connectivity index (χ3n) is 4.13. The Labute approximate surface area is 162 Å². The number of hydrogen-bond acceptors (Lipinski definition) is 3. The van der Waals surface area contributed by atoms with Gasteiger partial charge in [-0.1, -0.05) is 0 Å². The molecule has 29 heavy (non-hydrogen) atoms. The highest BCUT2D eigenvalue weighted by atomic mass is 19.4. The molecule has 0 aliphatic carbocycles. The number of carbonyl (C=O) groups excluding carboxylic acids is 1. The molecule has 2 aromatic carbocycles. The van der Waals surface area contributed by atoms with Crippen LogP contribution in [0.25, 0.3) is 11.3 Å². The second-order valence-corrected chi connectivity index (χ2v) is 6.14. The van der Waals surface area contributed by atoms with Crippen LogP contribution < -0.4 is 10.9 Å². The molecule has 0 saturated carbocycles. The van der Waals surface area contributed by atoms with Gasteiger partial charge in [0.25, 0.3) is 11.5 Å². The number of nitrogens with zero attached hydrogens (tertiary/aromatic N) is 2. The maximum atomic E-state index is 13.0. The number of rotatable bonds is 5. The topological polar surface area (TPSA) is 64.0 Å². The van der Waals surface area contributed by atoms with Crippen LogP contribution in [-0.2, 0) is 12.7 Å². The molecule has 0 aliphatic rings. The Hall–Kier alpha value is -3.49. The molecule has 5 nitrogen and oxygen atoms in total. The zero-order valence-corrected chi connectivity index (χ0v) is 14.9. The Morgan fingerprint density at radius 3 is 2.28 bits per heavy atom. The van der Waals surface area contributed by atoms with E-state index in [0.717, 1.165) is 24.3 Å². The zero-order valence-electron chi connectivity index (χ0n) is 14.9. The molecule has 1 amide bonds. The predicted octanol–water partition coefficient (Wildman–Crippen LogP) is 3.50. The number of benzene rings is 2. The van der Waals surface area contributed by atoms with Crippen molar-refractivity contribution < 1.29 is 22.4 Å². The molecule has 1 aromatic heterocycles. The van der Waals surface area contributed by atoms with Crippen molar-refractivity contribution in [3.63, 3.8) is 0 Å². The quantitative estimate of drug-likeness (QED) is 0.661. The molecule has 1 N–H and O–H groups in total. The van der Waals surface area contributed by atoms with E-state index in [0.29, 0.717) is 11.3 Å². The first-order valence-electron chi connectivity index (χ1n) is 8.52. The molecular weight excluding hydrogens is 390 g/mol. The van der Waals surface area contributed by atoms with Gasteiger partial charge in [0.05, 0.1) is 17.6 Å². The molecule has 9 heteroatoms. The van der Waals surface area contributed by atoms with E-state index in [1.165, 1.54) is 41.2 Å². The Kier molecular flexibility index (Phi) is 5.76. The summed E-state index contributed by atoms with van der Waals surface area (Å²) in [6.07, 6.45) is -3.16. The molecule has 3 aromatic rings. The number of carbonyl (C=O) groups is 1. The third kappa shape index (κ3) is 5.07. The van der Waals surface area contributed by atoms with Crippen molar-refractivity contribution in [2.45, 2.75) is 12.7 Å². The van der Waals surface area contributed by atoms with Crippen LogP contribution in [0.4, 0.5) is 17.6 Å². The summed E-state index contributed by atoms with van der Waals surface area (Å²) in [4.78, 5) is 28.4. The normalized spacial score (nSPS) is 11.3. The average Bonchev–Trinajstić information content (AvgIpc) is 2.69. The summed E-state index contributed by atoms with van der Waals surface area (Å²) >= 11 is 0. The standard InChI is InChI=1S/C20H15F4N3O2/c21-16-7-3-13(4-8-16)17-11-18(28)27(12-26-17)10-9-25-19(29)14-1-5-15(6-2-14)20(22,23)24/h1-8,11-12H,9-10H2,(H,25,29). The highest BCUT2D eigenvalue weighted by Gasteiger charge is 2.30. The lowest BCUT2D eigenvalue weighted by molar-refractivity contribution is -0.137. The largest absolute Gasteiger partial charge is 0.416 e. The van der Waals surface area contributed by atoms with Gasteiger partial charge in [0, 0.05) is 30.3 Å². The number of hydrogen-bond donors (Lipinski definition) is 1. The summed E-state index contributed by atoms with van der Waals surface area (Å²) < 4.78 is 51.9. The fourth-order valence-corrected chi connectivity index (χ4v) is 2.57. The molecule has 3 rings (SSSR count). The summed E-state index contributed by atoms with van der Waals surface area (Å²) in [5.41, 5.74) is -0.141. The summed E-state index contributed by atoms with van der Waals surface area (Å²) in [5.74, 6) is -0.950. The van der Waals surface area contributed by atoms with Gasteiger partial charge in [-0.25, -0.2) is 9.37 Å². The Morgan fingerprint density at radius 2 is 1.69 bits per heavy atom. The Balaban J connectivity index is 1.59. The van der Waals surface area contributed by atoms with Crippen molar-refractivity contribution in [3.05, 3.63) is 88.2 Å². The summed E-state index contributed by atoms with van der Waals surface area (Å²) in [7, 11) is 0. The van der Waals surface area contributed by atoms with Crippen LogP contribution in [0.3, 0.4) is 0 Å². The predicted molar refractivity (Wildman–Crippen MR) is 97.7 cm³/mol. The minimum Gasteiger partial charge on any atom is -0.350 e. The number of nitrogens with one attached hydrogen (secondary N) is 1. The monoisotopic (exact) mass is 405 g/mol. The van der Waals surface area contributed by atoms with Gasteiger partial charge in [0.1, 0.15) is 5.82 Å². The van der Waals surface area contributed by atoms with Crippen LogP contribution in [0, 0.1) is 5.82 Å². The van der Waals surface area contributed by atoms with E-state index in [1.807, 2.05) is 0 Å². The van der Waals surface area contributed by atoms with Gasteiger partial charge in [-0.2, -0.15) is 13.2 Å². The average molecular weight is 405 g/mol. The molecule has 0 aliphatic heterocycles. The van der Waals surface area contributed by atoms with Crippen LogP contribution in [0.5, 0.6) is 0 Å². The fraction of sp³-hybridized carbons (Fsp3) is 0.150. The van der Waals surface area contributed by atoms with E-state index in [9.17, 15) is 27.2 Å². The zero-order chi connectivity index (χ0) is 21.0. The van der Waals surface area contributed by atoms with Crippen molar-refractivity contribution in [2.24, 2.45) is 0 Å². The van der Waals surface area contributed by atoms with E-state index < -0.39 is 23.5 Å². The molecule has 0 unspecified atom stereocenters. The lowest BCUT2D eigenvalue weighted by Gasteiger charge is -2.09. The van der Waals surface area contributed by atoms with Crippen molar-refractivity contribution in [1.82, 2.24) is 14.9 Å². The summed E-state index contributed by atoms with van der Waals surface area (Å²) in [5, 5.41) is 2.54. The third-order valence-corrected chi connectivity index (χ3v) is 4.13. The van der Waals surface area contributed by atoms with Gasteiger partial charge in [-0.15, -0.1) is 0 Å². The summed E-state index contributed by atoms with van der Waals surface area (Å²) in [6.45, 7) is 0.208. The van der Waals surface area contributed by atoms with E-state index in [-0.39, 0.29) is 24.2 Å². The molecule has 150 valence electrons. The molecule has 1 heterocycles. The minimum absolute atomic E-state index is 0.0788. The first-order valence-corrected chi connectivity index (χ1v) is 8.52. The molecule has 0 bridgehead atoms. The van der Waals surface area contributed by atoms with Gasteiger partial charge in [-0.05, 0) is 48.5 Å². The number of aromatic nitrogens is 2. The SMILES string of the molecule is O=C(NCCn1cnc(-c2ccc(F)cc2)cc1=O)c1ccc(C(F)(F)F)cc1. The van der Waals surface area contributed by atoms with Gasteiger partial charge >= 0.3 is 6.18 Å². The first kappa shape index (κ1) is 20.2. The number of alkyl halides is 3. The van der Waals surface area contributed by atoms with E-state index >= 15 is 0 Å². The molecule has 0 radical (unpaired) electrons. The van der Waals surface area contributed by atoms with Gasteiger partial charge in [0.15, 0.2) is 0 Å². The van der Waals surface area contributed by atoms with Crippen molar-refractivity contribution in [2.75, 3.05) is 6.54 Å². The second-order valence-electron chi connectivity index (χ2n) is 6.14. The lowest BCUT2D eigenvalue weighted by atomic mass is 10.1. The van der Waals surface area contributed by atoms with Crippen molar-refractivity contribution >= 4 is 5.91 Å². The first-order chi connectivity index (χ1) is 13.7. The van der Waals surface area contributed by atoms with Crippen LogP contribution in [-0.4, -0.2) is 22.0 Å². The van der Waals surface area contributed by atoms with Crippen molar-refractivity contribution in [3.8, 4) is 11.3 Å². The van der Waals surface area contributed by atoms with E-state index in [4.69, 9.17) is 0 Å². The van der Waals surface area contributed by atoms with Gasteiger partial charge in [0.2, 0.25) is 0 Å². The molecule has 0 spiro atoms. The maximum absolute atomic E-state index is 13.0. The Morgan fingerprint density at radius 1 is 1.03 bits per heavy atom. The highest BCUT2D eigenvalue weighted by molar-refractivity contribution is 5.94. The molecule has 0 saturated heterocycles. The second kappa shape index (κ2) is 8.26. The lowest BCUT2D eigenvalue weighted by Crippen LogP contribution is -2.30. The van der Waals surface area contributed by atoms with E-state index in [2.05, 4.69) is 10.3 Å². The molecule has 0 fully saturated rings. The Bertz CT molecular complexity index is 1060. The number of amides is 1. The smallest absolute Gasteiger partial charge is 0.350 e. The number of halogens is 4. The van der Waals surface area contributed by atoms with Crippen LogP contribution in [0.1, 0.15) is 15.9 Å². The molecule has 0 atom stereocenters. The molecular formula is C20H15F4N3O2. The van der Waals surface area contributed by atoms with Gasteiger partial charge in [-0.3, -0.25) is 14.2 Å². The fourth-order valence-electron chi connectivity index (χ4n) is 2.57. The highest BCUT2D eigenvalue weighted by Crippen LogP contribution is 2.29. The van der Waals surface area contributed by atoms with E-state index in [1.54, 1.807) is 0 Å². The maximum Gasteiger partial charge on any atom is 0.416 e.